The van der Waals surface area contributed by atoms with Crippen LogP contribution in [0.15, 0.2) is 24.3 Å². The smallest absolute Gasteiger partial charge is 0.463 e. The van der Waals surface area contributed by atoms with Crippen molar-refractivity contribution in [2.75, 3.05) is 26.4 Å². The van der Waals surface area contributed by atoms with E-state index in [4.69, 9.17) is 13.8 Å². The van der Waals surface area contributed by atoms with Gasteiger partial charge in [-0.3, -0.25) is 18.6 Å². The summed E-state index contributed by atoms with van der Waals surface area (Å²) in [6, 6.07) is 0. The quantitative estimate of drug-likeness (QED) is 0.0251. The topological polar surface area (TPSA) is 131 Å². The standard InChI is InChI=1S/C39H74NO8P/c1-3-5-7-9-11-13-15-17-18-20-22-24-26-28-30-32-39(43)46-35-37(41)36-48-49(44,45)47-34-33-40-38(42)31-29-27-25-23-21-19-16-14-12-10-8-6-4-2/h11,13,17-18,37,41H,3-10,12,14-16,19-36H2,1-2H3,(H,40,42)(H,44,45)/b13-11-,18-17-. The van der Waals surface area contributed by atoms with Crippen LogP contribution in [0, 0.1) is 0 Å². The molecule has 49 heavy (non-hydrogen) atoms. The van der Waals surface area contributed by atoms with Gasteiger partial charge in [-0.1, -0.05) is 147 Å². The molecule has 0 aromatic rings. The van der Waals surface area contributed by atoms with Crippen LogP contribution in [-0.4, -0.2) is 54.3 Å². The summed E-state index contributed by atoms with van der Waals surface area (Å²) in [4.78, 5) is 33.8. The summed E-state index contributed by atoms with van der Waals surface area (Å²) in [5.74, 6) is -0.528. The summed E-state index contributed by atoms with van der Waals surface area (Å²) < 4.78 is 26.8. The second kappa shape index (κ2) is 36.3. The van der Waals surface area contributed by atoms with Gasteiger partial charge in [-0.25, -0.2) is 4.57 Å². The molecule has 10 heteroatoms. The number of rotatable bonds is 37. The first-order valence-electron chi connectivity index (χ1n) is 19.8. The molecule has 0 heterocycles. The minimum Gasteiger partial charge on any atom is -0.463 e. The molecule has 1 amide bonds. The van der Waals surface area contributed by atoms with Crippen LogP contribution in [0.3, 0.4) is 0 Å². The number of unbranched alkanes of at least 4 members (excludes halogenated alkanes) is 20. The van der Waals surface area contributed by atoms with E-state index in [0.29, 0.717) is 6.42 Å². The number of hydrogen-bond donors (Lipinski definition) is 3. The highest BCUT2D eigenvalue weighted by Gasteiger charge is 2.23. The zero-order valence-corrected chi connectivity index (χ0v) is 32.3. The van der Waals surface area contributed by atoms with Crippen molar-refractivity contribution in [1.82, 2.24) is 5.32 Å². The van der Waals surface area contributed by atoms with Gasteiger partial charge in [0, 0.05) is 19.4 Å². The van der Waals surface area contributed by atoms with E-state index in [9.17, 15) is 24.2 Å². The molecule has 0 fully saturated rings. The lowest BCUT2D eigenvalue weighted by atomic mass is 10.0. The molecule has 0 spiro atoms. The third-order valence-corrected chi connectivity index (χ3v) is 9.37. The van der Waals surface area contributed by atoms with Crippen molar-refractivity contribution in [2.24, 2.45) is 0 Å². The minimum absolute atomic E-state index is 0.0829. The van der Waals surface area contributed by atoms with Gasteiger partial charge in [-0.2, -0.15) is 0 Å². The Morgan fingerprint density at radius 3 is 1.67 bits per heavy atom. The van der Waals surface area contributed by atoms with Crippen LogP contribution in [0.1, 0.15) is 181 Å². The van der Waals surface area contributed by atoms with E-state index >= 15 is 0 Å². The van der Waals surface area contributed by atoms with E-state index in [1.54, 1.807) is 0 Å². The predicted octanol–water partition coefficient (Wildman–Crippen LogP) is 10.4. The highest BCUT2D eigenvalue weighted by atomic mass is 31.2. The number of nitrogens with one attached hydrogen (secondary N) is 1. The largest absolute Gasteiger partial charge is 0.472 e. The molecule has 0 aromatic heterocycles. The average Bonchev–Trinajstić information content (AvgIpc) is 3.08. The zero-order chi connectivity index (χ0) is 36.1. The SMILES string of the molecule is CCCCC/C=C\C/C=C\CCCCCCCC(=O)OCC(O)COP(=O)(O)OCCNC(=O)CCCCCCCCCCCCCCC. The number of amides is 1. The summed E-state index contributed by atoms with van der Waals surface area (Å²) in [5.41, 5.74) is 0. The van der Waals surface area contributed by atoms with Crippen LogP contribution in [0.25, 0.3) is 0 Å². The Kier molecular flexibility index (Phi) is 35.2. The second-order valence-corrected chi connectivity index (χ2v) is 14.7. The Bertz CT molecular complexity index is 866. The Morgan fingerprint density at radius 2 is 1.10 bits per heavy atom. The molecular weight excluding hydrogens is 641 g/mol. The third kappa shape index (κ3) is 37.6. The highest BCUT2D eigenvalue weighted by molar-refractivity contribution is 7.47. The van der Waals surface area contributed by atoms with Crippen molar-refractivity contribution in [3.63, 3.8) is 0 Å². The summed E-state index contributed by atoms with van der Waals surface area (Å²) in [6.45, 7) is 3.51. The molecule has 0 aliphatic heterocycles. The number of carbonyl (C=O) groups excluding carboxylic acids is 2. The molecule has 0 radical (unpaired) electrons. The number of esters is 1. The van der Waals surface area contributed by atoms with E-state index in [-0.39, 0.29) is 32.1 Å². The third-order valence-electron chi connectivity index (χ3n) is 8.38. The van der Waals surface area contributed by atoms with E-state index in [1.807, 2.05) is 0 Å². The molecule has 0 aliphatic carbocycles. The van der Waals surface area contributed by atoms with Crippen molar-refractivity contribution < 1.29 is 37.9 Å². The number of phosphoric ester groups is 1. The highest BCUT2D eigenvalue weighted by Crippen LogP contribution is 2.42. The van der Waals surface area contributed by atoms with Crippen LogP contribution in [0.5, 0.6) is 0 Å². The monoisotopic (exact) mass is 716 g/mol. The molecular formula is C39H74NO8P. The number of aliphatic hydroxyl groups excluding tert-OH is 1. The molecule has 0 aliphatic rings. The van der Waals surface area contributed by atoms with Crippen LogP contribution in [0.4, 0.5) is 0 Å². The van der Waals surface area contributed by atoms with Gasteiger partial charge in [0.1, 0.15) is 12.7 Å². The molecule has 9 nitrogen and oxygen atoms in total. The van der Waals surface area contributed by atoms with Gasteiger partial charge in [0.25, 0.3) is 0 Å². The second-order valence-electron chi connectivity index (χ2n) is 13.3. The first-order chi connectivity index (χ1) is 23.8. The fourth-order valence-electron chi connectivity index (χ4n) is 5.35. The number of phosphoric acid groups is 1. The molecule has 0 rings (SSSR count). The van der Waals surface area contributed by atoms with E-state index in [2.05, 4.69) is 43.5 Å². The summed E-state index contributed by atoms with van der Waals surface area (Å²) in [6.07, 6.45) is 36.7. The van der Waals surface area contributed by atoms with Crippen molar-refractivity contribution in [2.45, 2.75) is 187 Å². The van der Waals surface area contributed by atoms with Crippen LogP contribution in [-0.2, 0) is 27.9 Å². The lowest BCUT2D eigenvalue weighted by Gasteiger charge is -2.15. The molecule has 288 valence electrons. The van der Waals surface area contributed by atoms with Gasteiger partial charge < -0.3 is 20.1 Å². The van der Waals surface area contributed by atoms with Crippen LogP contribution >= 0.6 is 7.82 Å². The number of hydrogen-bond acceptors (Lipinski definition) is 7. The Morgan fingerprint density at radius 1 is 0.633 bits per heavy atom. The molecule has 0 saturated carbocycles. The number of aliphatic hydroxyl groups is 1. The van der Waals surface area contributed by atoms with Gasteiger partial charge in [-0.15, -0.1) is 0 Å². The lowest BCUT2D eigenvalue weighted by molar-refractivity contribution is -0.147. The summed E-state index contributed by atoms with van der Waals surface area (Å²) in [7, 11) is -4.41. The summed E-state index contributed by atoms with van der Waals surface area (Å²) >= 11 is 0. The average molecular weight is 716 g/mol. The Balaban J connectivity index is 3.63. The van der Waals surface area contributed by atoms with Crippen molar-refractivity contribution in [3.8, 4) is 0 Å². The van der Waals surface area contributed by atoms with Crippen LogP contribution < -0.4 is 5.32 Å². The molecule has 2 atom stereocenters. The minimum atomic E-state index is -4.41. The maximum Gasteiger partial charge on any atom is 0.472 e. The Labute approximate surface area is 300 Å². The van der Waals surface area contributed by atoms with E-state index in [1.165, 1.54) is 89.9 Å². The van der Waals surface area contributed by atoms with E-state index in [0.717, 1.165) is 64.2 Å². The molecule has 2 unspecified atom stereocenters. The molecule has 0 bridgehead atoms. The maximum absolute atomic E-state index is 12.1. The normalized spacial score (nSPS) is 13.6. The van der Waals surface area contributed by atoms with Crippen LogP contribution in [0.2, 0.25) is 0 Å². The zero-order valence-electron chi connectivity index (χ0n) is 31.4. The predicted molar refractivity (Wildman–Crippen MR) is 201 cm³/mol. The lowest BCUT2D eigenvalue weighted by Crippen LogP contribution is -2.27. The van der Waals surface area contributed by atoms with Crippen molar-refractivity contribution >= 4 is 19.7 Å². The number of ether oxygens (including phenoxy) is 1. The Hall–Kier alpha value is -1.51. The van der Waals surface area contributed by atoms with Gasteiger partial charge in [0.15, 0.2) is 0 Å². The molecule has 3 N–H and O–H groups in total. The van der Waals surface area contributed by atoms with Gasteiger partial charge in [0.05, 0.1) is 13.2 Å². The van der Waals surface area contributed by atoms with E-state index < -0.39 is 26.5 Å². The maximum atomic E-state index is 12.1. The van der Waals surface area contributed by atoms with Crippen molar-refractivity contribution in [1.29, 1.82) is 0 Å². The molecule has 0 aromatic carbocycles. The fourth-order valence-corrected chi connectivity index (χ4v) is 6.11. The first-order valence-corrected chi connectivity index (χ1v) is 21.3. The number of carbonyl (C=O) groups is 2. The number of allylic oxidation sites excluding steroid dienone is 4. The van der Waals surface area contributed by atoms with Gasteiger partial charge >= 0.3 is 13.8 Å². The fraction of sp³-hybridized carbons (Fsp3) is 0.846. The molecule has 0 saturated heterocycles. The summed E-state index contributed by atoms with van der Waals surface area (Å²) in [5, 5.41) is 12.7. The van der Waals surface area contributed by atoms with Gasteiger partial charge in [-0.05, 0) is 44.9 Å². The van der Waals surface area contributed by atoms with Gasteiger partial charge in [0.2, 0.25) is 5.91 Å². The first kappa shape index (κ1) is 47.5. The van der Waals surface area contributed by atoms with Crippen molar-refractivity contribution in [3.05, 3.63) is 24.3 Å².